The number of hydrogen-bond donors (Lipinski definition) is 0. The fraction of sp³-hybridized carbons (Fsp3) is 0.636. The molecule has 1 aromatic rings. The Morgan fingerprint density at radius 2 is 2.38 bits per heavy atom. The van der Waals surface area contributed by atoms with Gasteiger partial charge in [0.1, 0.15) is 5.01 Å². The molecular formula is C11H18N2O2S. The number of carbonyl (C=O) groups is 1. The summed E-state index contributed by atoms with van der Waals surface area (Å²) in [6.07, 6.45) is 1.02. The van der Waals surface area contributed by atoms with Crippen molar-refractivity contribution in [1.82, 2.24) is 9.88 Å². The number of carbonyl (C=O) groups excluding carboxylic acids is 1. The van der Waals surface area contributed by atoms with Crippen LogP contribution in [0.4, 0.5) is 0 Å². The van der Waals surface area contributed by atoms with Crippen LogP contribution in [0.2, 0.25) is 0 Å². The third kappa shape index (κ3) is 4.28. The number of aryl methyl sites for hydroxylation is 1. The van der Waals surface area contributed by atoms with Crippen LogP contribution in [-0.2, 0) is 16.1 Å². The average Bonchev–Trinajstić information content (AvgIpc) is 2.64. The van der Waals surface area contributed by atoms with Crippen LogP contribution in [0.5, 0.6) is 0 Å². The SMILES string of the molecule is CCCN(CC(=O)OC)Cc1nc(C)cs1. The molecule has 0 atom stereocenters. The van der Waals surface area contributed by atoms with Crippen molar-refractivity contribution >= 4 is 17.3 Å². The molecule has 5 heteroatoms. The Balaban J connectivity index is 2.53. The van der Waals surface area contributed by atoms with Gasteiger partial charge in [-0.1, -0.05) is 6.92 Å². The van der Waals surface area contributed by atoms with Gasteiger partial charge in [-0.15, -0.1) is 11.3 Å². The summed E-state index contributed by atoms with van der Waals surface area (Å²) in [6.45, 7) is 6.01. The maximum absolute atomic E-state index is 11.2. The highest BCUT2D eigenvalue weighted by molar-refractivity contribution is 7.09. The summed E-state index contributed by atoms with van der Waals surface area (Å²) in [5, 5.41) is 3.08. The van der Waals surface area contributed by atoms with Crippen molar-refractivity contribution in [1.29, 1.82) is 0 Å². The first-order valence-electron chi connectivity index (χ1n) is 5.36. The molecule has 0 saturated carbocycles. The summed E-state index contributed by atoms with van der Waals surface area (Å²) < 4.78 is 4.67. The number of thiazole rings is 1. The molecule has 16 heavy (non-hydrogen) atoms. The van der Waals surface area contributed by atoms with Crippen LogP contribution in [0.25, 0.3) is 0 Å². The van der Waals surface area contributed by atoms with E-state index in [-0.39, 0.29) is 5.97 Å². The molecule has 0 aliphatic carbocycles. The summed E-state index contributed by atoms with van der Waals surface area (Å²) in [4.78, 5) is 17.7. The van der Waals surface area contributed by atoms with E-state index in [1.54, 1.807) is 11.3 Å². The lowest BCUT2D eigenvalue weighted by Crippen LogP contribution is -2.30. The van der Waals surface area contributed by atoms with Crippen molar-refractivity contribution in [2.45, 2.75) is 26.8 Å². The smallest absolute Gasteiger partial charge is 0.319 e. The minimum atomic E-state index is -0.193. The summed E-state index contributed by atoms with van der Waals surface area (Å²) in [6, 6.07) is 0. The van der Waals surface area contributed by atoms with Crippen molar-refractivity contribution in [3.8, 4) is 0 Å². The molecule has 1 heterocycles. The van der Waals surface area contributed by atoms with Crippen LogP contribution >= 0.6 is 11.3 Å². The molecule has 0 aliphatic rings. The van der Waals surface area contributed by atoms with Gasteiger partial charge in [-0.25, -0.2) is 4.98 Å². The minimum absolute atomic E-state index is 0.193. The van der Waals surface area contributed by atoms with Gasteiger partial charge in [-0.05, 0) is 19.9 Å². The van der Waals surface area contributed by atoms with E-state index in [0.717, 1.165) is 30.2 Å². The topological polar surface area (TPSA) is 42.4 Å². The summed E-state index contributed by atoms with van der Waals surface area (Å²) in [5.41, 5.74) is 1.04. The Kier molecular flexibility index (Phi) is 5.42. The van der Waals surface area contributed by atoms with Crippen LogP contribution < -0.4 is 0 Å². The summed E-state index contributed by atoms with van der Waals surface area (Å²) in [7, 11) is 1.42. The Morgan fingerprint density at radius 1 is 1.62 bits per heavy atom. The monoisotopic (exact) mass is 242 g/mol. The Hall–Kier alpha value is -0.940. The number of methoxy groups -OCH3 is 1. The van der Waals surface area contributed by atoms with E-state index in [0.29, 0.717) is 6.54 Å². The van der Waals surface area contributed by atoms with E-state index in [9.17, 15) is 4.79 Å². The zero-order chi connectivity index (χ0) is 12.0. The lowest BCUT2D eigenvalue weighted by molar-refractivity contribution is -0.142. The fourth-order valence-corrected chi connectivity index (χ4v) is 2.26. The van der Waals surface area contributed by atoms with Crippen LogP contribution in [0.3, 0.4) is 0 Å². The molecule has 0 radical (unpaired) electrons. The molecule has 1 aromatic heterocycles. The molecule has 0 saturated heterocycles. The first kappa shape index (κ1) is 13.1. The molecule has 4 nitrogen and oxygen atoms in total. The highest BCUT2D eigenvalue weighted by Gasteiger charge is 2.12. The molecule has 0 unspecified atom stereocenters. The zero-order valence-electron chi connectivity index (χ0n) is 10.0. The number of aromatic nitrogens is 1. The molecule has 90 valence electrons. The van der Waals surface area contributed by atoms with Gasteiger partial charge >= 0.3 is 5.97 Å². The molecule has 0 N–H and O–H groups in total. The maximum Gasteiger partial charge on any atom is 0.319 e. The number of nitrogens with zero attached hydrogens (tertiary/aromatic N) is 2. The van der Waals surface area contributed by atoms with E-state index in [1.807, 2.05) is 12.3 Å². The molecular weight excluding hydrogens is 224 g/mol. The van der Waals surface area contributed by atoms with Gasteiger partial charge in [-0.3, -0.25) is 9.69 Å². The Bertz CT molecular complexity index is 338. The van der Waals surface area contributed by atoms with Gasteiger partial charge < -0.3 is 4.74 Å². The normalized spacial score (nSPS) is 10.8. The van der Waals surface area contributed by atoms with Gasteiger partial charge in [0.2, 0.25) is 0 Å². The second-order valence-corrected chi connectivity index (χ2v) is 4.61. The molecule has 0 aliphatic heterocycles. The van der Waals surface area contributed by atoms with Gasteiger partial charge in [0.05, 0.1) is 20.2 Å². The number of ether oxygens (including phenoxy) is 1. The zero-order valence-corrected chi connectivity index (χ0v) is 10.8. The molecule has 0 bridgehead atoms. The van der Waals surface area contributed by atoms with E-state index < -0.39 is 0 Å². The van der Waals surface area contributed by atoms with Gasteiger partial charge in [0.25, 0.3) is 0 Å². The molecule has 0 fully saturated rings. The van der Waals surface area contributed by atoms with Crippen molar-refractivity contribution < 1.29 is 9.53 Å². The van der Waals surface area contributed by atoms with E-state index >= 15 is 0 Å². The summed E-state index contributed by atoms with van der Waals surface area (Å²) in [5.74, 6) is -0.193. The predicted octanol–water partition coefficient (Wildman–Crippen LogP) is 1.84. The average molecular weight is 242 g/mol. The van der Waals surface area contributed by atoms with Gasteiger partial charge in [0.15, 0.2) is 0 Å². The largest absolute Gasteiger partial charge is 0.468 e. The first-order chi connectivity index (χ1) is 7.65. The van der Waals surface area contributed by atoms with E-state index in [1.165, 1.54) is 7.11 Å². The summed E-state index contributed by atoms with van der Waals surface area (Å²) >= 11 is 1.63. The third-order valence-corrected chi connectivity index (χ3v) is 3.10. The first-order valence-corrected chi connectivity index (χ1v) is 6.23. The van der Waals surface area contributed by atoms with Crippen LogP contribution in [0, 0.1) is 6.92 Å². The molecule has 0 aromatic carbocycles. The molecule has 0 amide bonds. The predicted molar refractivity (Wildman–Crippen MR) is 64.4 cm³/mol. The minimum Gasteiger partial charge on any atom is -0.468 e. The van der Waals surface area contributed by atoms with Crippen molar-refractivity contribution in [3.63, 3.8) is 0 Å². The van der Waals surface area contributed by atoms with Crippen molar-refractivity contribution in [2.75, 3.05) is 20.2 Å². The maximum atomic E-state index is 11.2. The highest BCUT2D eigenvalue weighted by Crippen LogP contribution is 2.11. The fourth-order valence-electron chi connectivity index (χ4n) is 1.44. The standard InChI is InChI=1S/C11H18N2O2S/c1-4-5-13(7-11(14)15-3)6-10-12-9(2)8-16-10/h8H,4-7H2,1-3H3. The number of rotatable bonds is 6. The Morgan fingerprint density at radius 3 is 2.88 bits per heavy atom. The van der Waals surface area contributed by atoms with Gasteiger partial charge in [-0.2, -0.15) is 0 Å². The molecule has 0 spiro atoms. The number of hydrogen-bond acceptors (Lipinski definition) is 5. The quantitative estimate of drug-likeness (QED) is 0.714. The molecule has 1 rings (SSSR count). The van der Waals surface area contributed by atoms with E-state index in [2.05, 4.69) is 21.5 Å². The highest BCUT2D eigenvalue weighted by atomic mass is 32.1. The Labute approximate surface area is 100 Å². The van der Waals surface area contributed by atoms with Crippen molar-refractivity contribution in [3.05, 3.63) is 16.1 Å². The van der Waals surface area contributed by atoms with E-state index in [4.69, 9.17) is 0 Å². The van der Waals surface area contributed by atoms with Crippen LogP contribution in [0.1, 0.15) is 24.0 Å². The number of esters is 1. The van der Waals surface area contributed by atoms with Crippen molar-refractivity contribution in [2.24, 2.45) is 0 Å². The second kappa shape index (κ2) is 6.60. The van der Waals surface area contributed by atoms with Gasteiger partial charge in [0, 0.05) is 11.1 Å². The van der Waals surface area contributed by atoms with Crippen LogP contribution in [0.15, 0.2) is 5.38 Å². The third-order valence-electron chi connectivity index (χ3n) is 2.15. The van der Waals surface area contributed by atoms with Crippen LogP contribution in [-0.4, -0.2) is 36.1 Å². The lowest BCUT2D eigenvalue weighted by Gasteiger charge is -2.18. The lowest BCUT2D eigenvalue weighted by atomic mass is 10.4. The second-order valence-electron chi connectivity index (χ2n) is 3.67.